The third-order valence-electron chi connectivity index (χ3n) is 5.02. The molecule has 0 bridgehead atoms. The SMILES string of the molecule is Cc1cc(C)c(NC(=O)CNC(=O)CCN2C(=O)[C@H](C)Oc3ccccc32)c(C)c1. The number of para-hydroxylation sites is 2. The monoisotopic (exact) mass is 409 g/mol. The minimum Gasteiger partial charge on any atom is -0.479 e. The first kappa shape index (κ1) is 21.4. The zero-order valence-corrected chi connectivity index (χ0v) is 17.7. The van der Waals surface area contributed by atoms with E-state index in [1.165, 1.54) is 0 Å². The Hall–Kier alpha value is -3.35. The van der Waals surface area contributed by atoms with Gasteiger partial charge in [-0.25, -0.2) is 0 Å². The summed E-state index contributed by atoms with van der Waals surface area (Å²) in [6, 6.07) is 11.2. The summed E-state index contributed by atoms with van der Waals surface area (Å²) in [5.41, 5.74) is 4.50. The minimum absolute atomic E-state index is 0.0860. The Kier molecular flexibility index (Phi) is 6.40. The van der Waals surface area contributed by atoms with Crippen molar-refractivity contribution < 1.29 is 19.1 Å². The predicted molar refractivity (Wildman–Crippen MR) is 116 cm³/mol. The molecule has 0 unspecified atom stereocenters. The van der Waals surface area contributed by atoms with Gasteiger partial charge < -0.3 is 20.3 Å². The number of carbonyl (C=O) groups excluding carboxylic acids is 3. The zero-order valence-electron chi connectivity index (χ0n) is 17.7. The summed E-state index contributed by atoms with van der Waals surface area (Å²) in [5.74, 6) is -0.162. The Bertz CT molecular complexity index is 963. The van der Waals surface area contributed by atoms with Crippen LogP contribution in [0.2, 0.25) is 0 Å². The van der Waals surface area contributed by atoms with Gasteiger partial charge in [0.2, 0.25) is 11.8 Å². The van der Waals surface area contributed by atoms with E-state index in [0.717, 1.165) is 22.4 Å². The van der Waals surface area contributed by atoms with E-state index in [4.69, 9.17) is 4.74 Å². The highest BCUT2D eigenvalue weighted by molar-refractivity contribution is 6.00. The van der Waals surface area contributed by atoms with E-state index >= 15 is 0 Å². The number of ether oxygens (including phenoxy) is 1. The molecule has 3 rings (SSSR count). The third-order valence-corrected chi connectivity index (χ3v) is 5.02. The maximum Gasteiger partial charge on any atom is 0.267 e. The van der Waals surface area contributed by atoms with E-state index < -0.39 is 6.10 Å². The van der Waals surface area contributed by atoms with Gasteiger partial charge in [0, 0.05) is 18.7 Å². The van der Waals surface area contributed by atoms with Gasteiger partial charge in [-0.05, 0) is 51.0 Å². The summed E-state index contributed by atoms with van der Waals surface area (Å²) in [6.07, 6.45) is -0.516. The maximum absolute atomic E-state index is 12.5. The lowest BCUT2D eigenvalue weighted by Crippen LogP contribution is -2.46. The molecule has 3 amide bonds. The average Bonchev–Trinajstić information content (AvgIpc) is 2.69. The number of carbonyl (C=O) groups is 3. The molecule has 1 aliphatic heterocycles. The summed E-state index contributed by atoms with van der Waals surface area (Å²) in [7, 11) is 0. The lowest BCUT2D eigenvalue weighted by Gasteiger charge is -2.32. The lowest BCUT2D eigenvalue weighted by molar-refractivity contribution is -0.126. The van der Waals surface area contributed by atoms with Crippen LogP contribution in [0.3, 0.4) is 0 Å². The number of amides is 3. The number of hydrogen-bond acceptors (Lipinski definition) is 4. The Balaban J connectivity index is 1.53. The van der Waals surface area contributed by atoms with E-state index in [-0.39, 0.29) is 37.2 Å². The van der Waals surface area contributed by atoms with Crippen molar-refractivity contribution in [3.8, 4) is 5.75 Å². The normalized spacial score (nSPS) is 15.3. The molecule has 7 nitrogen and oxygen atoms in total. The second kappa shape index (κ2) is 8.98. The molecule has 158 valence electrons. The standard InChI is InChI=1S/C23H27N3O4/c1-14-11-15(2)22(16(3)12-14)25-21(28)13-24-20(27)9-10-26-18-7-5-6-8-19(18)30-17(4)23(26)29/h5-8,11-12,17H,9-10,13H2,1-4H3,(H,24,27)(H,25,28)/t17-/m0/s1. The molecule has 0 aliphatic carbocycles. The van der Waals surface area contributed by atoms with Crippen LogP contribution in [0.25, 0.3) is 0 Å². The second-order valence-corrected chi connectivity index (χ2v) is 7.57. The topological polar surface area (TPSA) is 87.7 Å². The van der Waals surface area contributed by atoms with E-state index in [1.54, 1.807) is 24.0 Å². The first-order valence-corrected chi connectivity index (χ1v) is 9.97. The molecule has 0 saturated carbocycles. The van der Waals surface area contributed by atoms with Crippen molar-refractivity contribution in [2.75, 3.05) is 23.3 Å². The van der Waals surface area contributed by atoms with Crippen molar-refractivity contribution in [2.45, 2.75) is 40.2 Å². The van der Waals surface area contributed by atoms with Gasteiger partial charge in [-0.15, -0.1) is 0 Å². The summed E-state index contributed by atoms with van der Waals surface area (Å²) in [4.78, 5) is 38.5. The lowest BCUT2D eigenvalue weighted by atomic mass is 10.1. The molecule has 0 saturated heterocycles. The molecule has 2 aromatic carbocycles. The Morgan fingerprint density at radius 1 is 1.07 bits per heavy atom. The summed E-state index contributed by atoms with van der Waals surface area (Å²) in [5, 5.41) is 5.48. The molecule has 2 aromatic rings. The van der Waals surface area contributed by atoms with Gasteiger partial charge in [0.25, 0.3) is 5.91 Å². The molecule has 1 aliphatic rings. The van der Waals surface area contributed by atoms with Crippen molar-refractivity contribution >= 4 is 29.1 Å². The van der Waals surface area contributed by atoms with Crippen LogP contribution in [-0.2, 0) is 14.4 Å². The summed E-state index contributed by atoms with van der Waals surface area (Å²) >= 11 is 0. The van der Waals surface area contributed by atoms with Crippen LogP contribution in [0.1, 0.15) is 30.0 Å². The van der Waals surface area contributed by atoms with Crippen molar-refractivity contribution in [1.82, 2.24) is 5.32 Å². The Morgan fingerprint density at radius 2 is 1.73 bits per heavy atom. The Labute approximate surface area is 176 Å². The molecule has 0 aromatic heterocycles. The molecule has 2 N–H and O–H groups in total. The highest BCUT2D eigenvalue weighted by Crippen LogP contribution is 2.33. The van der Waals surface area contributed by atoms with E-state index in [2.05, 4.69) is 10.6 Å². The highest BCUT2D eigenvalue weighted by atomic mass is 16.5. The van der Waals surface area contributed by atoms with Crippen LogP contribution in [0.4, 0.5) is 11.4 Å². The van der Waals surface area contributed by atoms with Gasteiger partial charge in [0.05, 0.1) is 12.2 Å². The predicted octanol–water partition coefficient (Wildman–Crippen LogP) is 2.87. The highest BCUT2D eigenvalue weighted by Gasteiger charge is 2.31. The molecule has 1 heterocycles. The first-order chi connectivity index (χ1) is 14.3. The van der Waals surface area contributed by atoms with Gasteiger partial charge >= 0.3 is 0 Å². The van der Waals surface area contributed by atoms with Crippen LogP contribution in [-0.4, -0.2) is 36.9 Å². The molecule has 0 spiro atoms. The molecule has 7 heteroatoms. The zero-order chi connectivity index (χ0) is 21.8. The maximum atomic E-state index is 12.5. The van der Waals surface area contributed by atoms with E-state index in [9.17, 15) is 14.4 Å². The summed E-state index contributed by atoms with van der Waals surface area (Å²) < 4.78 is 5.60. The van der Waals surface area contributed by atoms with Crippen LogP contribution >= 0.6 is 0 Å². The number of fused-ring (bicyclic) bond motifs is 1. The quantitative estimate of drug-likeness (QED) is 0.768. The number of hydrogen-bond donors (Lipinski definition) is 2. The van der Waals surface area contributed by atoms with Gasteiger partial charge in [-0.2, -0.15) is 0 Å². The van der Waals surface area contributed by atoms with Crippen molar-refractivity contribution in [3.63, 3.8) is 0 Å². The summed E-state index contributed by atoms with van der Waals surface area (Å²) in [6.45, 7) is 7.65. The molecule has 0 radical (unpaired) electrons. The number of rotatable bonds is 6. The molecule has 30 heavy (non-hydrogen) atoms. The fraction of sp³-hybridized carbons (Fsp3) is 0.348. The van der Waals surface area contributed by atoms with Gasteiger partial charge in [-0.3, -0.25) is 14.4 Å². The number of anilines is 2. The van der Waals surface area contributed by atoms with Crippen molar-refractivity contribution in [1.29, 1.82) is 0 Å². The molecular weight excluding hydrogens is 382 g/mol. The number of nitrogens with zero attached hydrogens (tertiary/aromatic N) is 1. The van der Waals surface area contributed by atoms with Gasteiger partial charge in [0.15, 0.2) is 6.10 Å². The van der Waals surface area contributed by atoms with Gasteiger partial charge in [0.1, 0.15) is 5.75 Å². The third kappa shape index (κ3) is 4.79. The number of aryl methyl sites for hydroxylation is 3. The first-order valence-electron chi connectivity index (χ1n) is 9.97. The van der Waals surface area contributed by atoms with Crippen LogP contribution in [0.5, 0.6) is 5.75 Å². The van der Waals surface area contributed by atoms with Crippen LogP contribution in [0.15, 0.2) is 36.4 Å². The number of nitrogens with one attached hydrogen (secondary N) is 2. The van der Waals surface area contributed by atoms with Crippen molar-refractivity contribution in [3.05, 3.63) is 53.1 Å². The largest absolute Gasteiger partial charge is 0.479 e. The van der Waals surface area contributed by atoms with Crippen LogP contribution < -0.4 is 20.3 Å². The van der Waals surface area contributed by atoms with Crippen LogP contribution in [0, 0.1) is 20.8 Å². The fourth-order valence-corrected chi connectivity index (χ4v) is 3.63. The average molecular weight is 409 g/mol. The van der Waals surface area contributed by atoms with Crippen molar-refractivity contribution in [2.24, 2.45) is 0 Å². The molecule has 0 fully saturated rings. The van der Waals surface area contributed by atoms with Gasteiger partial charge in [-0.1, -0.05) is 29.8 Å². The molecular formula is C23H27N3O4. The minimum atomic E-state index is -0.602. The van der Waals surface area contributed by atoms with E-state index in [0.29, 0.717) is 11.4 Å². The Morgan fingerprint density at radius 3 is 2.43 bits per heavy atom. The fourth-order valence-electron chi connectivity index (χ4n) is 3.63. The smallest absolute Gasteiger partial charge is 0.267 e. The van der Waals surface area contributed by atoms with E-state index in [1.807, 2.05) is 45.0 Å². The second-order valence-electron chi connectivity index (χ2n) is 7.57. The number of benzene rings is 2. The molecule has 1 atom stereocenters.